The monoisotopic (exact) mass is 398 g/mol. The number of piperidine rings is 1. The molecule has 0 saturated carbocycles. The second-order valence-electron chi connectivity index (χ2n) is 7.74. The third-order valence-electron chi connectivity index (χ3n) is 5.71. The number of rotatable bonds is 6. The smallest absolute Gasteiger partial charge is 0.175 e. The highest BCUT2D eigenvalue weighted by Gasteiger charge is 2.41. The summed E-state index contributed by atoms with van der Waals surface area (Å²) in [4.78, 5) is 18.9. The average Bonchev–Trinajstić information content (AvgIpc) is 3.16. The van der Waals surface area contributed by atoms with E-state index in [0.717, 1.165) is 21.9 Å². The highest BCUT2D eigenvalue weighted by Crippen LogP contribution is 2.29. The van der Waals surface area contributed by atoms with Crippen LogP contribution in [-0.4, -0.2) is 57.4 Å². The molecule has 29 heavy (non-hydrogen) atoms. The lowest BCUT2D eigenvalue weighted by molar-refractivity contribution is -0.133. The van der Waals surface area contributed by atoms with Crippen molar-refractivity contribution in [3.63, 3.8) is 0 Å². The fourth-order valence-electron chi connectivity index (χ4n) is 3.89. The van der Waals surface area contributed by atoms with Gasteiger partial charge in [0.1, 0.15) is 6.67 Å². The van der Waals surface area contributed by atoms with Crippen LogP contribution >= 0.6 is 0 Å². The summed E-state index contributed by atoms with van der Waals surface area (Å²) in [7, 11) is 1.87. The quantitative estimate of drug-likeness (QED) is 0.638. The SMILES string of the molecule is Cn1cc(-c2ccc3cnc(CC(=O)C4(F)CCN(CCF)CC4)cc3c2)cn1. The van der Waals surface area contributed by atoms with E-state index in [0.29, 0.717) is 25.3 Å². The van der Waals surface area contributed by atoms with Crippen molar-refractivity contribution in [3.8, 4) is 11.1 Å². The van der Waals surface area contributed by atoms with Crippen molar-refractivity contribution < 1.29 is 13.6 Å². The molecule has 3 heterocycles. The summed E-state index contributed by atoms with van der Waals surface area (Å²) in [5, 5.41) is 6.12. The molecule has 0 spiro atoms. The van der Waals surface area contributed by atoms with Crippen LogP contribution in [0.4, 0.5) is 8.78 Å². The number of fused-ring (bicyclic) bond motifs is 1. The molecule has 3 aromatic rings. The Balaban J connectivity index is 1.51. The molecule has 2 aromatic heterocycles. The maximum atomic E-state index is 15.2. The van der Waals surface area contributed by atoms with Crippen LogP contribution in [0.15, 0.2) is 42.9 Å². The number of alkyl halides is 2. The Labute approximate surface area is 168 Å². The van der Waals surface area contributed by atoms with Gasteiger partial charge in [-0.15, -0.1) is 0 Å². The van der Waals surface area contributed by atoms with Crippen LogP contribution in [-0.2, 0) is 18.3 Å². The molecule has 0 N–H and O–H groups in total. The molecule has 1 saturated heterocycles. The van der Waals surface area contributed by atoms with Gasteiger partial charge in [-0.3, -0.25) is 14.5 Å². The molecular weight excluding hydrogens is 374 g/mol. The average molecular weight is 398 g/mol. The first-order valence-electron chi connectivity index (χ1n) is 9.85. The summed E-state index contributed by atoms with van der Waals surface area (Å²) in [6.45, 7) is 0.669. The van der Waals surface area contributed by atoms with Gasteiger partial charge in [0, 0.05) is 68.6 Å². The Bertz CT molecular complexity index is 1020. The normalized spacial score (nSPS) is 16.9. The Morgan fingerprint density at radius 1 is 1.14 bits per heavy atom. The summed E-state index contributed by atoms with van der Waals surface area (Å²) in [5.41, 5.74) is 0.748. The van der Waals surface area contributed by atoms with Crippen molar-refractivity contribution in [3.05, 3.63) is 48.5 Å². The summed E-state index contributed by atoms with van der Waals surface area (Å²) in [5.74, 6) is -0.437. The Kier molecular flexibility index (Phi) is 5.41. The summed E-state index contributed by atoms with van der Waals surface area (Å²) in [6, 6.07) is 7.87. The van der Waals surface area contributed by atoms with Gasteiger partial charge in [0.2, 0.25) is 0 Å². The lowest BCUT2D eigenvalue weighted by Crippen LogP contribution is -2.47. The number of benzene rings is 1. The van der Waals surface area contributed by atoms with Crippen LogP contribution < -0.4 is 0 Å². The van der Waals surface area contributed by atoms with Crippen molar-refractivity contribution in [1.29, 1.82) is 0 Å². The predicted molar refractivity (Wildman–Crippen MR) is 108 cm³/mol. The van der Waals surface area contributed by atoms with Gasteiger partial charge >= 0.3 is 0 Å². The number of hydrogen-bond donors (Lipinski definition) is 0. The number of hydrogen-bond acceptors (Lipinski definition) is 4. The molecule has 0 bridgehead atoms. The minimum absolute atomic E-state index is 0.0350. The number of aromatic nitrogens is 3. The second kappa shape index (κ2) is 7.99. The molecule has 1 fully saturated rings. The second-order valence-corrected chi connectivity index (χ2v) is 7.74. The first-order valence-corrected chi connectivity index (χ1v) is 9.85. The number of carbonyl (C=O) groups is 1. The zero-order valence-electron chi connectivity index (χ0n) is 16.4. The van der Waals surface area contributed by atoms with E-state index >= 15 is 4.39 Å². The maximum absolute atomic E-state index is 15.2. The van der Waals surface area contributed by atoms with Crippen LogP contribution in [0.2, 0.25) is 0 Å². The van der Waals surface area contributed by atoms with Gasteiger partial charge < -0.3 is 4.90 Å². The van der Waals surface area contributed by atoms with Gasteiger partial charge in [0.25, 0.3) is 0 Å². The Morgan fingerprint density at radius 2 is 1.93 bits per heavy atom. The van der Waals surface area contributed by atoms with Crippen LogP contribution in [0, 0.1) is 0 Å². The van der Waals surface area contributed by atoms with Gasteiger partial charge in [-0.05, 0) is 23.1 Å². The van der Waals surface area contributed by atoms with Crippen LogP contribution in [0.3, 0.4) is 0 Å². The molecule has 0 radical (unpaired) electrons. The lowest BCUT2D eigenvalue weighted by Gasteiger charge is -2.34. The lowest BCUT2D eigenvalue weighted by atomic mass is 9.87. The van der Waals surface area contributed by atoms with E-state index < -0.39 is 18.1 Å². The third-order valence-corrected chi connectivity index (χ3v) is 5.71. The zero-order valence-corrected chi connectivity index (χ0v) is 16.4. The minimum Gasteiger partial charge on any atom is -0.300 e. The molecule has 0 aliphatic carbocycles. The number of aryl methyl sites for hydroxylation is 1. The van der Waals surface area contributed by atoms with Crippen LogP contribution in [0.1, 0.15) is 18.5 Å². The molecular formula is C22H24F2N4O. The van der Waals surface area contributed by atoms with Gasteiger partial charge in [-0.1, -0.05) is 12.1 Å². The molecule has 7 heteroatoms. The maximum Gasteiger partial charge on any atom is 0.175 e. The van der Waals surface area contributed by atoms with Gasteiger partial charge in [0.05, 0.1) is 12.6 Å². The standard InChI is InChI=1S/C22H24F2N4O/c1-27-15-19(14-26-27)16-2-3-17-13-25-20(11-18(17)10-16)12-21(29)22(24)4-7-28(8-5-22)9-6-23/h2-3,10-11,13-15H,4-9,12H2,1H3. The zero-order chi connectivity index (χ0) is 20.4. The van der Waals surface area contributed by atoms with Crippen molar-refractivity contribution in [2.24, 2.45) is 7.05 Å². The Morgan fingerprint density at radius 3 is 2.62 bits per heavy atom. The van der Waals surface area contributed by atoms with Gasteiger partial charge in [-0.2, -0.15) is 5.10 Å². The predicted octanol–water partition coefficient (Wildman–Crippen LogP) is 3.52. The highest BCUT2D eigenvalue weighted by molar-refractivity contribution is 5.91. The first-order chi connectivity index (χ1) is 14.0. The van der Waals surface area contributed by atoms with Crippen LogP contribution in [0.25, 0.3) is 21.9 Å². The number of nitrogens with zero attached hydrogens (tertiary/aromatic N) is 4. The number of halogens is 2. The van der Waals surface area contributed by atoms with E-state index in [1.165, 1.54) is 0 Å². The highest BCUT2D eigenvalue weighted by atomic mass is 19.1. The minimum atomic E-state index is -1.85. The summed E-state index contributed by atoms with van der Waals surface area (Å²) in [6.07, 6.45) is 5.66. The number of Topliss-reactive ketones (excluding diaryl/α,β-unsaturated/α-hetero) is 1. The fourth-order valence-corrected chi connectivity index (χ4v) is 3.89. The molecule has 0 amide bonds. The number of carbonyl (C=O) groups excluding carboxylic acids is 1. The van der Waals surface area contributed by atoms with Gasteiger partial charge in [-0.25, -0.2) is 8.78 Å². The largest absolute Gasteiger partial charge is 0.300 e. The third kappa shape index (κ3) is 4.19. The fraction of sp³-hybridized carbons (Fsp3) is 0.409. The number of likely N-dealkylation sites (tertiary alicyclic amines) is 1. The van der Waals surface area contributed by atoms with Gasteiger partial charge in [0.15, 0.2) is 11.5 Å². The molecule has 0 unspecified atom stereocenters. The van der Waals surface area contributed by atoms with Crippen LogP contribution in [0.5, 0.6) is 0 Å². The molecule has 4 rings (SSSR count). The summed E-state index contributed by atoms with van der Waals surface area (Å²) < 4.78 is 29.4. The molecule has 152 valence electrons. The van der Waals surface area contributed by atoms with Crippen molar-refractivity contribution >= 4 is 16.6 Å². The van der Waals surface area contributed by atoms with E-state index in [2.05, 4.69) is 10.1 Å². The van der Waals surface area contributed by atoms with Crippen molar-refractivity contribution in [2.45, 2.75) is 24.9 Å². The molecule has 0 atom stereocenters. The molecule has 1 aromatic carbocycles. The first kappa shape index (κ1) is 19.6. The van der Waals surface area contributed by atoms with Crippen molar-refractivity contribution in [2.75, 3.05) is 26.3 Å². The molecule has 1 aliphatic rings. The van der Waals surface area contributed by atoms with Crippen molar-refractivity contribution in [1.82, 2.24) is 19.7 Å². The summed E-state index contributed by atoms with van der Waals surface area (Å²) >= 11 is 0. The number of ketones is 1. The Hall–Kier alpha value is -2.67. The molecule has 1 aliphatic heterocycles. The van der Waals surface area contributed by atoms with E-state index in [1.54, 1.807) is 17.1 Å². The van der Waals surface area contributed by atoms with E-state index in [9.17, 15) is 9.18 Å². The van der Waals surface area contributed by atoms with E-state index in [4.69, 9.17) is 0 Å². The molecule has 5 nitrogen and oxygen atoms in total. The van der Waals surface area contributed by atoms with E-state index in [1.807, 2.05) is 42.4 Å². The number of pyridine rings is 1. The topological polar surface area (TPSA) is 51.0 Å². The van der Waals surface area contributed by atoms with E-state index in [-0.39, 0.29) is 19.3 Å².